The number of hydrogen-bond acceptors (Lipinski definition) is 2. The van der Waals surface area contributed by atoms with E-state index in [4.69, 9.17) is 4.74 Å². The predicted molar refractivity (Wildman–Crippen MR) is 110 cm³/mol. The van der Waals surface area contributed by atoms with Crippen LogP contribution in [0.15, 0.2) is 36.4 Å². The maximum absolute atomic E-state index is 12.7. The molecule has 0 bridgehead atoms. The van der Waals surface area contributed by atoms with Crippen molar-refractivity contribution in [2.45, 2.75) is 71.9 Å². The van der Waals surface area contributed by atoms with Gasteiger partial charge in [0.25, 0.3) is 5.91 Å². The number of nitrogens with one attached hydrogen (secondary N) is 1. The Kier molecular flexibility index (Phi) is 6.20. The Balaban J connectivity index is 1.67. The second-order valence-corrected chi connectivity index (χ2v) is 7.73. The fraction of sp³-hybridized carbons (Fsp3) is 0.458. The van der Waals surface area contributed by atoms with E-state index in [2.05, 4.69) is 43.4 Å². The third-order valence-corrected chi connectivity index (χ3v) is 5.50. The number of fused-ring (bicyclic) bond motifs is 1. The highest BCUT2D eigenvalue weighted by Gasteiger charge is 2.21. The first-order valence-corrected chi connectivity index (χ1v) is 10.1. The first-order valence-electron chi connectivity index (χ1n) is 10.1. The molecule has 1 aliphatic carbocycles. The van der Waals surface area contributed by atoms with Crippen molar-refractivity contribution in [1.29, 1.82) is 0 Å². The molecule has 1 N–H and O–H groups in total. The van der Waals surface area contributed by atoms with E-state index in [0.717, 1.165) is 24.2 Å². The summed E-state index contributed by atoms with van der Waals surface area (Å²) >= 11 is 0. The summed E-state index contributed by atoms with van der Waals surface area (Å²) in [6.45, 7) is 7.99. The van der Waals surface area contributed by atoms with Crippen LogP contribution in [0.1, 0.15) is 67.0 Å². The molecule has 0 radical (unpaired) electrons. The SMILES string of the molecule is CC[C@H](NC(=O)[C@@H](C)Oc1ccc(C)cc1C)c1ccc2c(c1)CCCC2. The van der Waals surface area contributed by atoms with E-state index in [-0.39, 0.29) is 11.9 Å². The Bertz CT molecular complexity index is 812. The quantitative estimate of drug-likeness (QED) is 0.762. The number of carbonyl (C=O) groups excluding carboxylic acids is 1. The molecule has 0 unspecified atom stereocenters. The lowest BCUT2D eigenvalue weighted by Crippen LogP contribution is -2.38. The minimum absolute atomic E-state index is 0.0230. The number of carbonyl (C=O) groups is 1. The Morgan fingerprint density at radius 2 is 1.81 bits per heavy atom. The van der Waals surface area contributed by atoms with Crippen molar-refractivity contribution >= 4 is 5.91 Å². The van der Waals surface area contributed by atoms with Crippen LogP contribution in [0.25, 0.3) is 0 Å². The third kappa shape index (κ3) is 4.71. The van der Waals surface area contributed by atoms with Gasteiger partial charge in [-0.15, -0.1) is 0 Å². The van der Waals surface area contributed by atoms with Gasteiger partial charge in [-0.25, -0.2) is 0 Å². The van der Waals surface area contributed by atoms with Gasteiger partial charge in [0.2, 0.25) is 0 Å². The molecule has 0 aromatic heterocycles. The van der Waals surface area contributed by atoms with Crippen LogP contribution in [-0.4, -0.2) is 12.0 Å². The molecular formula is C24H31NO2. The molecule has 1 amide bonds. The molecule has 0 fully saturated rings. The van der Waals surface area contributed by atoms with Gasteiger partial charge in [-0.2, -0.15) is 0 Å². The largest absolute Gasteiger partial charge is 0.481 e. The van der Waals surface area contributed by atoms with Crippen molar-refractivity contribution in [3.8, 4) is 5.75 Å². The first-order chi connectivity index (χ1) is 13.0. The summed E-state index contributed by atoms with van der Waals surface area (Å²) in [4.78, 5) is 12.7. The Hall–Kier alpha value is -2.29. The van der Waals surface area contributed by atoms with Gasteiger partial charge in [0.15, 0.2) is 6.10 Å². The Morgan fingerprint density at radius 3 is 2.52 bits per heavy atom. The summed E-state index contributed by atoms with van der Waals surface area (Å²) in [5, 5.41) is 3.18. The van der Waals surface area contributed by atoms with Crippen molar-refractivity contribution in [1.82, 2.24) is 5.32 Å². The normalized spacial score (nSPS) is 15.6. The van der Waals surface area contributed by atoms with E-state index < -0.39 is 6.10 Å². The second kappa shape index (κ2) is 8.60. The van der Waals surface area contributed by atoms with E-state index in [0.29, 0.717) is 0 Å². The molecule has 0 saturated heterocycles. The van der Waals surface area contributed by atoms with Crippen LogP contribution < -0.4 is 10.1 Å². The first kappa shape index (κ1) is 19.5. The minimum Gasteiger partial charge on any atom is -0.481 e. The van der Waals surface area contributed by atoms with Crippen LogP contribution in [0.2, 0.25) is 0 Å². The predicted octanol–water partition coefficient (Wildman–Crippen LogP) is 5.22. The number of ether oxygens (including phenoxy) is 1. The maximum atomic E-state index is 12.7. The number of hydrogen-bond donors (Lipinski definition) is 1. The Morgan fingerprint density at radius 1 is 1.07 bits per heavy atom. The zero-order valence-electron chi connectivity index (χ0n) is 17.0. The monoisotopic (exact) mass is 365 g/mol. The molecule has 1 aliphatic rings. The van der Waals surface area contributed by atoms with E-state index in [1.54, 1.807) is 0 Å². The third-order valence-electron chi connectivity index (χ3n) is 5.50. The zero-order chi connectivity index (χ0) is 19.4. The van der Waals surface area contributed by atoms with Crippen molar-refractivity contribution < 1.29 is 9.53 Å². The van der Waals surface area contributed by atoms with Gasteiger partial charge in [0.1, 0.15) is 5.75 Å². The summed E-state index contributed by atoms with van der Waals surface area (Å²) in [7, 11) is 0. The average Bonchev–Trinajstić information content (AvgIpc) is 2.67. The second-order valence-electron chi connectivity index (χ2n) is 7.73. The highest BCUT2D eigenvalue weighted by atomic mass is 16.5. The van der Waals surface area contributed by atoms with Crippen molar-refractivity contribution in [2.75, 3.05) is 0 Å². The van der Waals surface area contributed by atoms with Crippen molar-refractivity contribution in [2.24, 2.45) is 0 Å². The lowest BCUT2D eigenvalue weighted by Gasteiger charge is -2.23. The van der Waals surface area contributed by atoms with Gasteiger partial charge in [-0.1, -0.05) is 42.8 Å². The molecule has 2 atom stereocenters. The number of benzene rings is 2. The lowest BCUT2D eigenvalue weighted by atomic mass is 9.89. The fourth-order valence-electron chi connectivity index (χ4n) is 3.86. The van der Waals surface area contributed by atoms with E-state index in [1.807, 2.05) is 26.0 Å². The van der Waals surface area contributed by atoms with Crippen LogP contribution in [0.5, 0.6) is 5.75 Å². The number of amides is 1. The molecule has 144 valence electrons. The summed E-state index contributed by atoms with van der Waals surface area (Å²) in [5.74, 6) is 0.699. The molecule has 0 heterocycles. The summed E-state index contributed by atoms with van der Waals surface area (Å²) in [5.41, 5.74) is 6.36. The minimum atomic E-state index is -0.530. The van der Waals surface area contributed by atoms with Crippen LogP contribution >= 0.6 is 0 Å². The fourth-order valence-corrected chi connectivity index (χ4v) is 3.86. The van der Waals surface area contributed by atoms with Gasteiger partial charge in [-0.05, 0) is 81.2 Å². The Labute approximate surface area is 163 Å². The molecule has 0 saturated carbocycles. The molecule has 3 nitrogen and oxygen atoms in total. The van der Waals surface area contributed by atoms with Crippen molar-refractivity contribution in [3.63, 3.8) is 0 Å². The molecular weight excluding hydrogens is 334 g/mol. The van der Waals surface area contributed by atoms with Gasteiger partial charge in [0.05, 0.1) is 6.04 Å². The highest BCUT2D eigenvalue weighted by molar-refractivity contribution is 5.81. The van der Waals surface area contributed by atoms with Gasteiger partial charge >= 0.3 is 0 Å². The highest BCUT2D eigenvalue weighted by Crippen LogP contribution is 2.26. The summed E-state index contributed by atoms with van der Waals surface area (Å²) < 4.78 is 5.92. The van der Waals surface area contributed by atoms with E-state index in [9.17, 15) is 4.79 Å². The standard InChI is InChI=1S/C24H31NO2/c1-5-22(21-12-11-19-8-6-7-9-20(19)15-21)25-24(26)18(4)27-23-13-10-16(2)14-17(23)3/h10-15,18,22H,5-9H2,1-4H3,(H,25,26)/t18-,22+/m1/s1. The number of rotatable bonds is 6. The van der Waals surface area contributed by atoms with E-state index >= 15 is 0 Å². The molecule has 0 spiro atoms. The smallest absolute Gasteiger partial charge is 0.261 e. The lowest BCUT2D eigenvalue weighted by molar-refractivity contribution is -0.128. The van der Waals surface area contributed by atoms with Gasteiger partial charge in [-0.3, -0.25) is 4.79 Å². The molecule has 3 heteroatoms. The maximum Gasteiger partial charge on any atom is 0.261 e. The molecule has 27 heavy (non-hydrogen) atoms. The average molecular weight is 366 g/mol. The van der Waals surface area contributed by atoms with Crippen LogP contribution in [0.4, 0.5) is 0 Å². The molecule has 2 aromatic rings. The molecule has 3 rings (SSSR count). The van der Waals surface area contributed by atoms with E-state index in [1.165, 1.54) is 41.5 Å². The van der Waals surface area contributed by atoms with Crippen molar-refractivity contribution in [3.05, 3.63) is 64.2 Å². The topological polar surface area (TPSA) is 38.3 Å². The molecule has 2 aromatic carbocycles. The van der Waals surface area contributed by atoms with Crippen LogP contribution in [0.3, 0.4) is 0 Å². The summed E-state index contributed by atoms with van der Waals surface area (Å²) in [6, 6.07) is 12.8. The zero-order valence-corrected chi connectivity index (χ0v) is 17.0. The van der Waals surface area contributed by atoms with Gasteiger partial charge < -0.3 is 10.1 Å². The van der Waals surface area contributed by atoms with Crippen LogP contribution in [-0.2, 0) is 17.6 Å². The van der Waals surface area contributed by atoms with Gasteiger partial charge in [0, 0.05) is 0 Å². The molecule has 0 aliphatic heterocycles. The van der Waals surface area contributed by atoms with Crippen LogP contribution in [0, 0.1) is 13.8 Å². The summed E-state index contributed by atoms with van der Waals surface area (Å²) in [6.07, 6.45) is 5.21. The number of aryl methyl sites for hydroxylation is 4.